The van der Waals surface area contributed by atoms with Crippen molar-refractivity contribution in [3.63, 3.8) is 0 Å². The van der Waals surface area contributed by atoms with Gasteiger partial charge in [0, 0.05) is 24.4 Å². The lowest BCUT2D eigenvalue weighted by Crippen LogP contribution is -2.29. The van der Waals surface area contributed by atoms with Crippen molar-refractivity contribution < 1.29 is 14.7 Å². The van der Waals surface area contributed by atoms with Crippen molar-refractivity contribution in [2.45, 2.75) is 25.7 Å². The molecule has 19 heavy (non-hydrogen) atoms. The summed E-state index contributed by atoms with van der Waals surface area (Å²) in [5.74, 6) is -1.06. The van der Waals surface area contributed by atoms with Crippen LogP contribution >= 0.6 is 23.7 Å². The smallest absolute Gasteiger partial charge is 0.308 e. The molecule has 1 N–H and O–H groups in total. The van der Waals surface area contributed by atoms with Crippen LogP contribution in [0.25, 0.3) is 0 Å². The molecule has 1 aliphatic rings. The Labute approximate surface area is 122 Å². The Morgan fingerprint density at radius 3 is 2.84 bits per heavy atom. The van der Waals surface area contributed by atoms with Gasteiger partial charge in [-0.05, 0) is 30.7 Å². The van der Waals surface area contributed by atoms with Crippen LogP contribution in [-0.4, -0.2) is 35.0 Å². The number of likely N-dealkylation sites (tertiary alicyclic amines) is 1. The third-order valence-corrected chi connectivity index (χ3v) is 4.22. The van der Waals surface area contributed by atoms with Crippen molar-refractivity contribution in [2.75, 3.05) is 13.1 Å². The molecule has 1 aliphatic heterocycles. The van der Waals surface area contributed by atoms with E-state index in [1.165, 1.54) is 4.88 Å². The molecule has 2 heterocycles. The minimum Gasteiger partial charge on any atom is -0.481 e. The number of rotatable bonds is 5. The van der Waals surface area contributed by atoms with Crippen molar-refractivity contribution in [1.82, 2.24) is 4.90 Å². The number of hydrogen-bond donors (Lipinski definition) is 1. The molecule has 6 heteroatoms. The maximum atomic E-state index is 11.9. The number of nitrogens with zero attached hydrogens (tertiary/aromatic N) is 1. The average Bonchev–Trinajstić information content (AvgIpc) is 2.99. The summed E-state index contributed by atoms with van der Waals surface area (Å²) in [5, 5.41) is 10.9. The molecule has 106 valence electrons. The Bertz CT molecular complexity index is 422. The number of aliphatic carboxylic acids is 1. The van der Waals surface area contributed by atoms with Crippen molar-refractivity contribution in [3.8, 4) is 0 Å². The molecule has 0 aromatic carbocycles. The fourth-order valence-electron chi connectivity index (χ4n) is 2.22. The quantitative estimate of drug-likeness (QED) is 0.909. The summed E-state index contributed by atoms with van der Waals surface area (Å²) in [5.41, 5.74) is 0. The predicted octanol–water partition coefficient (Wildman–Crippen LogP) is 2.43. The van der Waals surface area contributed by atoms with Gasteiger partial charge >= 0.3 is 5.97 Å². The number of amides is 1. The second-order valence-corrected chi connectivity index (χ2v) is 5.63. The van der Waals surface area contributed by atoms with Crippen LogP contribution in [0.3, 0.4) is 0 Å². The summed E-state index contributed by atoms with van der Waals surface area (Å²) in [6, 6.07) is 4.09. The van der Waals surface area contributed by atoms with Gasteiger partial charge in [-0.15, -0.1) is 23.7 Å². The number of hydrogen-bond acceptors (Lipinski definition) is 3. The molecule has 1 aromatic rings. The lowest BCUT2D eigenvalue weighted by Gasteiger charge is -2.15. The summed E-state index contributed by atoms with van der Waals surface area (Å²) in [6.45, 7) is 0.974. The molecule has 1 unspecified atom stereocenters. The van der Waals surface area contributed by atoms with Crippen molar-refractivity contribution in [2.24, 2.45) is 5.92 Å². The van der Waals surface area contributed by atoms with Crippen LogP contribution in [0.5, 0.6) is 0 Å². The van der Waals surface area contributed by atoms with Gasteiger partial charge in [-0.2, -0.15) is 0 Å². The highest BCUT2D eigenvalue weighted by molar-refractivity contribution is 7.09. The molecular weight excluding hydrogens is 286 g/mol. The number of carbonyl (C=O) groups is 2. The summed E-state index contributed by atoms with van der Waals surface area (Å²) < 4.78 is 0. The van der Waals surface area contributed by atoms with Gasteiger partial charge in [0.25, 0.3) is 0 Å². The van der Waals surface area contributed by atoms with Gasteiger partial charge in [0.1, 0.15) is 0 Å². The lowest BCUT2D eigenvalue weighted by atomic mass is 10.1. The first-order valence-corrected chi connectivity index (χ1v) is 7.08. The molecule has 1 aromatic heterocycles. The number of carbonyl (C=O) groups excluding carboxylic acids is 1. The van der Waals surface area contributed by atoms with E-state index in [9.17, 15) is 9.59 Å². The third-order valence-electron chi connectivity index (χ3n) is 3.28. The maximum absolute atomic E-state index is 11.9. The largest absolute Gasteiger partial charge is 0.481 e. The fourth-order valence-corrected chi connectivity index (χ4v) is 2.97. The average molecular weight is 304 g/mol. The Balaban J connectivity index is 0.00000180. The van der Waals surface area contributed by atoms with Gasteiger partial charge in [-0.1, -0.05) is 6.07 Å². The van der Waals surface area contributed by atoms with Gasteiger partial charge in [0.15, 0.2) is 0 Å². The molecule has 1 saturated heterocycles. The van der Waals surface area contributed by atoms with Crippen molar-refractivity contribution in [1.29, 1.82) is 0 Å². The van der Waals surface area contributed by atoms with E-state index in [2.05, 4.69) is 6.07 Å². The number of carboxylic acids is 1. The van der Waals surface area contributed by atoms with Crippen LogP contribution in [0.15, 0.2) is 17.5 Å². The SMILES string of the molecule is Cl.O=C(O)C1CCN(C(=O)CCCc2cccs2)C1. The molecule has 2 rings (SSSR count). The first-order chi connectivity index (χ1) is 8.66. The predicted molar refractivity (Wildman–Crippen MR) is 76.8 cm³/mol. The maximum Gasteiger partial charge on any atom is 0.308 e. The number of thiophene rings is 1. The van der Waals surface area contributed by atoms with E-state index in [0.29, 0.717) is 25.9 Å². The lowest BCUT2D eigenvalue weighted by molar-refractivity contribution is -0.141. The highest BCUT2D eigenvalue weighted by Gasteiger charge is 2.30. The molecular formula is C13H18ClNO3S. The van der Waals surface area contributed by atoms with E-state index < -0.39 is 5.97 Å². The zero-order valence-electron chi connectivity index (χ0n) is 10.6. The highest BCUT2D eigenvalue weighted by Crippen LogP contribution is 2.18. The van der Waals surface area contributed by atoms with Crippen LogP contribution < -0.4 is 0 Å². The van der Waals surface area contributed by atoms with E-state index in [1.807, 2.05) is 11.4 Å². The molecule has 4 nitrogen and oxygen atoms in total. The van der Waals surface area contributed by atoms with Crippen LogP contribution in [0.4, 0.5) is 0 Å². The van der Waals surface area contributed by atoms with Crippen LogP contribution in [0, 0.1) is 5.92 Å². The Morgan fingerprint density at radius 1 is 1.47 bits per heavy atom. The molecule has 0 saturated carbocycles. The van der Waals surface area contributed by atoms with Crippen molar-refractivity contribution >= 4 is 35.6 Å². The molecule has 0 bridgehead atoms. The van der Waals surface area contributed by atoms with Gasteiger partial charge < -0.3 is 10.0 Å². The Morgan fingerprint density at radius 2 is 2.26 bits per heavy atom. The summed E-state index contributed by atoms with van der Waals surface area (Å²) in [4.78, 5) is 25.7. The second-order valence-electron chi connectivity index (χ2n) is 4.60. The summed E-state index contributed by atoms with van der Waals surface area (Å²) >= 11 is 1.71. The van der Waals surface area contributed by atoms with E-state index >= 15 is 0 Å². The van der Waals surface area contributed by atoms with E-state index in [0.717, 1.165) is 12.8 Å². The van der Waals surface area contributed by atoms with Gasteiger partial charge in [0.2, 0.25) is 5.91 Å². The number of halogens is 1. The van der Waals surface area contributed by atoms with Crippen molar-refractivity contribution in [3.05, 3.63) is 22.4 Å². The topological polar surface area (TPSA) is 57.6 Å². The van der Waals surface area contributed by atoms with Crippen LogP contribution in [-0.2, 0) is 16.0 Å². The minimum absolute atomic E-state index is 0. The summed E-state index contributed by atoms with van der Waals surface area (Å²) in [7, 11) is 0. The standard InChI is InChI=1S/C13H17NO3S.ClH/c15-12(5-1-3-11-4-2-8-18-11)14-7-6-10(9-14)13(16)17;/h2,4,8,10H,1,3,5-7,9H2,(H,16,17);1H. The molecule has 1 amide bonds. The normalized spacial score (nSPS) is 18.1. The third kappa shape index (κ3) is 4.51. The first kappa shape index (κ1) is 16.0. The first-order valence-electron chi connectivity index (χ1n) is 6.20. The fraction of sp³-hybridized carbons (Fsp3) is 0.538. The molecule has 0 aliphatic carbocycles. The minimum atomic E-state index is -0.788. The van der Waals surface area contributed by atoms with Crippen LogP contribution in [0.1, 0.15) is 24.1 Å². The zero-order valence-corrected chi connectivity index (χ0v) is 12.2. The highest BCUT2D eigenvalue weighted by atomic mass is 35.5. The summed E-state index contributed by atoms with van der Waals surface area (Å²) in [6.07, 6.45) is 2.88. The molecule has 1 fully saturated rings. The second kappa shape index (κ2) is 7.50. The number of carboxylic acid groups (broad SMARTS) is 1. The molecule has 0 radical (unpaired) electrons. The Hall–Kier alpha value is -1.07. The monoisotopic (exact) mass is 303 g/mol. The van der Waals surface area contributed by atoms with Gasteiger partial charge in [-0.3, -0.25) is 9.59 Å². The molecule has 1 atom stereocenters. The molecule has 0 spiro atoms. The van der Waals surface area contributed by atoms with E-state index in [1.54, 1.807) is 16.2 Å². The van der Waals surface area contributed by atoms with E-state index in [4.69, 9.17) is 5.11 Å². The van der Waals surface area contributed by atoms with E-state index in [-0.39, 0.29) is 24.2 Å². The Kier molecular flexibility index (Phi) is 6.31. The van der Waals surface area contributed by atoms with Gasteiger partial charge in [-0.25, -0.2) is 0 Å². The van der Waals surface area contributed by atoms with Crippen LogP contribution in [0.2, 0.25) is 0 Å². The van der Waals surface area contributed by atoms with Gasteiger partial charge in [0.05, 0.1) is 5.92 Å². The number of aryl methyl sites for hydroxylation is 1. The zero-order chi connectivity index (χ0) is 13.0.